The van der Waals surface area contributed by atoms with E-state index in [-0.39, 0.29) is 40.3 Å². The van der Waals surface area contributed by atoms with Crippen molar-refractivity contribution in [1.82, 2.24) is 25.4 Å². The van der Waals surface area contributed by atoms with Gasteiger partial charge in [0.15, 0.2) is 6.61 Å². The van der Waals surface area contributed by atoms with Gasteiger partial charge in [-0.3, -0.25) is 14.2 Å². The maximum absolute atomic E-state index is 13.5. The van der Waals surface area contributed by atoms with Gasteiger partial charge in [0.2, 0.25) is 0 Å². The van der Waals surface area contributed by atoms with E-state index in [4.69, 9.17) is 16.3 Å². The number of hydrogen-bond donors (Lipinski definition) is 2. The van der Waals surface area contributed by atoms with E-state index in [2.05, 4.69) is 20.8 Å². The quantitative estimate of drug-likeness (QED) is 0.570. The second-order valence-electron chi connectivity index (χ2n) is 8.38. The van der Waals surface area contributed by atoms with E-state index in [9.17, 15) is 14.0 Å². The summed E-state index contributed by atoms with van der Waals surface area (Å²) >= 11 is 5.64. The van der Waals surface area contributed by atoms with E-state index in [1.165, 1.54) is 12.1 Å². The van der Waals surface area contributed by atoms with Gasteiger partial charge in [-0.05, 0) is 49.6 Å². The topological polar surface area (TPSA) is 98.1 Å². The van der Waals surface area contributed by atoms with Crippen LogP contribution in [0.3, 0.4) is 0 Å². The van der Waals surface area contributed by atoms with Crippen molar-refractivity contribution in [3.05, 3.63) is 71.5 Å². The van der Waals surface area contributed by atoms with Crippen LogP contribution in [-0.2, 0) is 4.79 Å². The lowest BCUT2D eigenvalue weighted by atomic mass is 9.44. The first-order chi connectivity index (χ1) is 15.4. The molecule has 0 unspecified atom stereocenters. The smallest absolute Gasteiger partial charge is 0.258 e. The van der Waals surface area contributed by atoms with Crippen molar-refractivity contribution < 1.29 is 18.7 Å². The van der Waals surface area contributed by atoms with Gasteiger partial charge in [-0.15, -0.1) is 10.2 Å². The normalized spacial score (nSPS) is 22.9. The largest absolute Gasteiger partial charge is 0.484 e. The van der Waals surface area contributed by atoms with Crippen LogP contribution >= 0.6 is 11.6 Å². The van der Waals surface area contributed by atoms with E-state index in [1.54, 1.807) is 35.4 Å². The molecule has 6 rings (SSSR count). The summed E-state index contributed by atoms with van der Waals surface area (Å²) < 4.78 is 20.5. The Bertz CT molecular complexity index is 1180. The number of nitrogens with one attached hydrogen (secondary N) is 2. The first kappa shape index (κ1) is 20.4. The van der Waals surface area contributed by atoms with Gasteiger partial charge in [-0.25, -0.2) is 4.39 Å². The molecule has 2 bridgehead atoms. The Balaban J connectivity index is 1.12. The first-order valence-corrected chi connectivity index (χ1v) is 10.4. The summed E-state index contributed by atoms with van der Waals surface area (Å²) in [6.45, 7) is -0.224. The van der Waals surface area contributed by atoms with Gasteiger partial charge in [0.25, 0.3) is 11.8 Å². The van der Waals surface area contributed by atoms with Gasteiger partial charge >= 0.3 is 0 Å². The molecule has 0 aliphatic heterocycles. The van der Waals surface area contributed by atoms with E-state index >= 15 is 0 Å². The Morgan fingerprint density at radius 2 is 1.78 bits per heavy atom. The summed E-state index contributed by atoms with van der Waals surface area (Å²) in [4.78, 5) is 25.0. The van der Waals surface area contributed by atoms with Gasteiger partial charge in [0, 0.05) is 28.4 Å². The number of carbonyl (C=O) groups is 2. The zero-order valence-corrected chi connectivity index (χ0v) is 17.6. The Morgan fingerprint density at radius 1 is 1.06 bits per heavy atom. The van der Waals surface area contributed by atoms with Crippen LogP contribution < -0.4 is 15.4 Å². The van der Waals surface area contributed by atoms with Crippen LogP contribution in [0, 0.1) is 5.82 Å². The standard InChI is InChI=1S/C22H19ClFN5O3/c23-17-5-4-16(7-18(17)24)32-8-19(30)27-21-9-22(10-21,11-21)28-20(31)14-2-1-3-15(6-14)29-12-25-26-13-29/h1-7,12-13H,8-11H2,(H,27,30)(H,28,31). The van der Waals surface area contributed by atoms with Gasteiger partial charge in [0.05, 0.1) is 5.02 Å². The molecule has 3 aromatic rings. The third kappa shape index (κ3) is 3.80. The Hall–Kier alpha value is -3.46. The predicted molar refractivity (Wildman–Crippen MR) is 113 cm³/mol. The minimum atomic E-state index is -0.603. The Morgan fingerprint density at radius 3 is 2.50 bits per heavy atom. The minimum Gasteiger partial charge on any atom is -0.484 e. The fraction of sp³-hybridized carbons (Fsp3) is 0.273. The molecule has 2 N–H and O–H groups in total. The summed E-state index contributed by atoms with van der Waals surface area (Å²) in [6, 6.07) is 11.2. The van der Waals surface area contributed by atoms with Crippen molar-refractivity contribution in [2.75, 3.05) is 6.61 Å². The molecule has 8 nitrogen and oxygen atoms in total. The lowest BCUT2D eigenvalue weighted by Crippen LogP contribution is -2.84. The zero-order valence-electron chi connectivity index (χ0n) is 16.8. The Kier molecular flexibility index (Phi) is 4.85. The molecule has 3 saturated carbocycles. The zero-order chi connectivity index (χ0) is 22.3. The van der Waals surface area contributed by atoms with E-state index in [0.29, 0.717) is 24.8 Å². The highest BCUT2D eigenvalue weighted by Gasteiger charge is 2.69. The summed E-state index contributed by atoms with van der Waals surface area (Å²) in [7, 11) is 0. The molecule has 32 heavy (non-hydrogen) atoms. The lowest BCUT2D eigenvalue weighted by Gasteiger charge is -2.70. The van der Waals surface area contributed by atoms with Crippen LogP contribution in [0.4, 0.5) is 4.39 Å². The van der Waals surface area contributed by atoms with Crippen LogP contribution in [0.1, 0.15) is 29.6 Å². The molecule has 1 heterocycles. The summed E-state index contributed by atoms with van der Waals surface area (Å²) in [5.41, 5.74) is 0.729. The number of nitrogens with zero attached hydrogens (tertiary/aromatic N) is 3. The molecular formula is C22H19ClFN5O3. The van der Waals surface area contributed by atoms with Crippen LogP contribution in [0.5, 0.6) is 5.75 Å². The molecule has 2 aromatic carbocycles. The van der Waals surface area contributed by atoms with Crippen LogP contribution in [0.2, 0.25) is 5.02 Å². The molecule has 2 amide bonds. The summed E-state index contributed by atoms with van der Waals surface area (Å²) in [5.74, 6) is -0.819. The molecular weight excluding hydrogens is 437 g/mol. The first-order valence-electron chi connectivity index (χ1n) is 10.0. The van der Waals surface area contributed by atoms with Crippen LogP contribution in [-0.4, -0.2) is 44.3 Å². The number of carbonyl (C=O) groups excluding carboxylic acids is 2. The average molecular weight is 456 g/mol. The van der Waals surface area contributed by atoms with E-state index < -0.39 is 5.82 Å². The molecule has 0 atom stereocenters. The maximum atomic E-state index is 13.5. The average Bonchev–Trinajstić information content (AvgIpc) is 3.27. The number of ether oxygens (including phenoxy) is 1. The van der Waals surface area contributed by atoms with Gasteiger partial charge in [-0.1, -0.05) is 17.7 Å². The van der Waals surface area contributed by atoms with Gasteiger partial charge in [-0.2, -0.15) is 0 Å². The van der Waals surface area contributed by atoms with Crippen molar-refractivity contribution in [1.29, 1.82) is 0 Å². The second-order valence-corrected chi connectivity index (χ2v) is 8.78. The maximum Gasteiger partial charge on any atom is 0.258 e. The molecule has 0 spiro atoms. The predicted octanol–water partition coefficient (Wildman–Crippen LogP) is 2.66. The number of hydrogen-bond acceptors (Lipinski definition) is 5. The monoisotopic (exact) mass is 455 g/mol. The van der Waals surface area contributed by atoms with Crippen molar-refractivity contribution >= 4 is 23.4 Å². The number of amides is 2. The van der Waals surface area contributed by atoms with Crippen molar-refractivity contribution in [2.24, 2.45) is 0 Å². The molecule has 164 valence electrons. The highest BCUT2D eigenvalue weighted by Crippen LogP contribution is 2.60. The summed E-state index contributed by atoms with van der Waals surface area (Å²) in [6.07, 6.45) is 5.13. The molecule has 3 fully saturated rings. The van der Waals surface area contributed by atoms with Crippen molar-refractivity contribution in [2.45, 2.75) is 30.3 Å². The van der Waals surface area contributed by atoms with Crippen LogP contribution in [0.15, 0.2) is 55.1 Å². The van der Waals surface area contributed by atoms with Crippen molar-refractivity contribution in [3.8, 4) is 11.4 Å². The van der Waals surface area contributed by atoms with Crippen molar-refractivity contribution in [3.63, 3.8) is 0 Å². The number of aromatic nitrogens is 3. The van der Waals surface area contributed by atoms with E-state index in [1.807, 2.05) is 6.07 Å². The summed E-state index contributed by atoms with van der Waals surface area (Å²) in [5, 5.41) is 13.6. The number of rotatable bonds is 7. The fourth-order valence-corrected chi connectivity index (χ4v) is 4.67. The highest BCUT2D eigenvalue weighted by atomic mass is 35.5. The SMILES string of the molecule is O=C(COc1ccc(Cl)c(F)c1)NC12CC(NC(=O)c3cccc(-n4cnnc4)c3)(C1)C2. The third-order valence-corrected chi connectivity index (χ3v) is 6.21. The molecule has 0 saturated heterocycles. The number of benzene rings is 2. The number of halogens is 2. The van der Waals surface area contributed by atoms with Gasteiger partial charge in [0.1, 0.15) is 24.2 Å². The molecule has 10 heteroatoms. The molecule has 3 aliphatic rings. The second kappa shape index (κ2) is 7.59. The van der Waals surface area contributed by atoms with E-state index in [0.717, 1.165) is 11.8 Å². The highest BCUT2D eigenvalue weighted by molar-refractivity contribution is 6.30. The van der Waals surface area contributed by atoms with Crippen LogP contribution in [0.25, 0.3) is 5.69 Å². The van der Waals surface area contributed by atoms with Gasteiger partial charge < -0.3 is 15.4 Å². The minimum absolute atomic E-state index is 0.00604. The Labute approximate surface area is 187 Å². The molecule has 1 aromatic heterocycles. The third-order valence-electron chi connectivity index (χ3n) is 5.90. The lowest BCUT2D eigenvalue weighted by molar-refractivity contribution is -0.141. The fourth-order valence-electron chi connectivity index (χ4n) is 4.56. The molecule has 3 aliphatic carbocycles. The molecule has 0 radical (unpaired) electrons.